The van der Waals surface area contributed by atoms with E-state index in [0.717, 1.165) is 28.6 Å². The van der Waals surface area contributed by atoms with E-state index in [1.165, 1.54) is 0 Å². The highest BCUT2D eigenvalue weighted by molar-refractivity contribution is 5.54. The molecule has 0 atom stereocenters. The number of hydrogen-bond acceptors (Lipinski definition) is 4. The van der Waals surface area contributed by atoms with Gasteiger partial charge in [0.2, 0.25) is 0 Å². The summed E-state index contributed by atoms with van der Waals surface area (Å²) in [4.78, 5) is 7.30. The lowest BCUT2D eigenvalue weighted by molar-refractivity contribution is 0.311. The number of anilines is 1. The van der Waals surface area contributed by atoms with Gasteiger partial charge in [0.15, 0.2) is 11.5 Å². The highest BCUT2D eigenvalue weighted by Gasteiger charge is 2.06. The van der Waals surface area contributed by atoms with Crippen LogP contribution >= 0.6 is 0 Å². The van der Waals surface area contributed by atoms with Crippen molar-refractivity contribution >= 4 is 5.69 Å². The summed E-state index contributed by atoms with van der Waals surface area (Å²) < 4.78 is 10.8. The Balaban J connectivity index is 2.07. The molecule has 1 aromatic carbocycles. The average molecular weight is 261 g/mol. The lowest BCUT2D eigenvalue weighted by atomic mass is 10.2. The summed E-state index contributed by atoms with van der Waals surface area (Å²) >= 11 is 0. The highest BCUT2D eigenvalue weighted by Crippen LogP contribution is 2.30. The molecular formula is C14H19N3O2. The molecule has 1 aromatic heterocycles. The molecule has 0 amide bonds. The van der Waals surface area contributed by atoms with Crippen molar-refractivity contribution in [2.24, 2.45) is 0 Å². The average Bonchev–Trinajstić information content (AvgIpc) is 2.83. The Bertz CT molecular complexity index is 537. The van der Waals surface area contributed by atoms with Crippen LogP contribution in [0.3, 0.4) is 0 Å². The summed E-state index contributed by atoms with van der Waals surface area (Å²) in [5.74, 6) is 1.48. The number of ether oxygens (including phenoxy) is 2. The van der Waals surface area contributed by atoms with Crippen LogP contribution in [-0.2, 0) is 6.54 Å². The van der Waals surface area contributed by atoms with Crippen LogP contribution in [0.2, 0.25) is 0 Å². The Morgan fingerprint density at radius 1 is 1.32 bits per heavy atom. The molecule has 0 saturated carbocycles. The SMILES string of the molecule is CCOc1ccc(NCc2nc[nH]c2C)cc1OC. The molecule has 2 rings (SSSR count). The van der Waals surface area contributed by atoms with Crippen molar-refractivity contribution in [2.45, 2.75) is 20.4 Å². The van der Waals surface area contributed by atoms with Crippen molar-refractivity contribution in [3.05, 3.63) is 35.9 Å². The van der Waals surface area contributed by atoms with Gasteiger partial charge in [0, 0.05) is 17.4 Å². The molecule has 0 aliphatic heterocycles. The first-order chi connectivity index (χ1) is 9.24. The molecule has 2 aromatic rings. The number of rotatable bonds is 6. The number of nitrogens with one attached hydrogen (secondary N) is 2. The molecule has 0 aliphatic rings. The first kappa shape index (κ1) is 13.3. The van der Waals surface area contributed by atoms with E-state index in [2.05, 4.69) is 15.3 Å². The molecule has 0 radical (unpaired) electrons. The van der Waals surface area contributed by atoms with Crippen LogP contribution in [0.15, 0.2) is 24.5 Å². The summed E-state index contributed by atoms with van der Waals surface area (Å²) in [6.07, 6.45) is 1.70. The van der Waals surface area contributed by atoms with E-state index < -0.39 is 0 Å². The third-order valence-electron chi connectivity index (χ3n) is 2.86. The maximum Gasteiger partial charge on any atom is 0.162 e. The fourth-order valence-corrected chi connectivity index (χ4v) is 1.80. The van der Waals surface area contributed by atoms with E-state index in [1.807, 2.05) is 32.0 Å². The van der Waals surface area contributed by atoms with Gasteiger partial charge in [-0.15, -0.1) is 0 Å². The van der Waals surface area contributed by atoms with Gasteiger partial charge in [-0.3, -0.25) is 0 Å². The van der Waals surface area contributed by atoms with Crippen molar-refractivity contribution < 1.29 is 9.47 Å². The second-order valence-electron chi connectivity index (χ2n) is 4.13. The number of methoxy groups -OCH3 is 1. The number of aromatic nitrogens is 2. The van der Waals surface area contributed by atoms with Crippen LogP contribution in [0.4, 0.5) is 5.69 Å². The van der Waals surface area contributed by atoms with Gasteiger partial charge in [-0.25, -0.2) is 4.98 Å². The fraction of sp³-hybridized carbons (Fsp3) is 0.357. The number of hydrogen-bond donors (Lipinski definition) is 2. The van der Waals surface area contributed by atoms with Gasteiger partial charge in [0.1, 0.15) is 0 Å². The van der Waals surface area contributed by atoms with Gasteiger partial charge in [-0.2, -0.15) is 0 Å². The Morgan fingerprint density at radius 3 is 2.79 bits per heavy atom. The maximum absolute atomic E-state index is 5.48. The molecule has 0 spiro atoms. The third kappa shape index (κ3) is 3.19. The van der Waals surface area contributed by atoms with Crippen LogP contribution in [0.1, 0.15) is 18.3 Å². The number of imidazole rings is 1. The summed E-state index contributed by atoms with van der Waals surface area (Å²) in [6.45, 7) is 5.25. The molecule has 1 heterocycles. The van der Waals surface area contributed by atoms with Crippen LogP contribution in [0.25, 0.3) is 0 Å². The minimum absolute atomic E-state index is 0.621. The summed E-state index contributed by atoms with van der Waals surface area (Å²) in [7, 11) is 1.64. The van der Waals surface area contributed by atoms with Gasteiger partial charge >= 0.3 is 0 Å². The third-order valence-corrected chi connectivity index (χ3v) is 2.86. The van der Waals surface area contributed by atoms with Crippen molar-refractivity contribution in [3.8, 4) is 11.5 Å². The maximum atomic E-state index is 5.48. The van der Waals surface area contributed by atoms with Crippen LogP contribution in [-0.4, -0.2) is 23.7 Å². The predicted molar refractivity (Wildman–Crippen MR) is 74.8 cm³/mol. The van der Waals surface area contributed by atoms with Crippen molar-refractivity contribution in [1.82, 2.24) is 9.97 Å². The number of H-pyrrole nitrogens is 1. The topological polar surface area (TPSA) is 59.2 Å². The second kappa shape index (κ2) is 6.13. The Labute approximate surface area is 113 Å². The standard InChI is InChI=1S/C14H19N3O2/c1-4-19-13-6-5-11(7-14(13)18-3)15-8-12-10(2)16-9-17-12/h5-7,9,15H,4,8H2,1-3H3,(H,16,17). The quantitative estimate of drug-likeness (QED) is 0.839. The molecule has 2 N–H and O–H groups in total. The number of benzene rings is 1. The van der Waals surface area contributed by atoms with Crippen molar-refractivity contribution in [3.63, 3.8) is 0 Å². The minimum Gasteiger partial charge on any atom is -0.493 e. The van der Waals surface area contributed by atoms with Gasteiger partial charge in [0.05, 0.1) is 32.3 Å². The van der Waals surface area contributed by atoms with E-state index in [1.54, 1.807) is 13.4 Å². The lowest BCUT2D eigenvalue weighted by Gasteiger charge is -2.12. The van der Waals surface area contributed by atoms with Gasteiger partial charge in [-0.1, -0.05) is 0 Å². The van der Waals surface area contributed by atoms with Crippen LogP contribution in [0, 0.1) is 6.92 Å². The molecule has 0 saturated heterocycles. The van der Waals surface area contributed by atoms with Crippen molar-refractivity contribution in [2.75, 3.05) is 19.0 Å². The number of nitrogens with zero attached hydrogens (tertiary/aromatic N) is 1. The largest absolute Gasteiger partial charge is 0.493 e. The molecular weight excluding hydrogens is 242 g/mol. The minimum atomic E-state index is 0.621. The van der Waals surface area contributed by atoms with E-state index in [-0.39, 0.29) is 0 Å². The second-order valence-corrected chi connectivity index (χ2v) is 4.13. The molecule has 5 nitrogen and oxygen atoms in total. The van der Waals surface area contributed by atoms with Gasteiger partial charge in [-0.05, 0) is 26.0 Å². The van der Waals surface area contributed by atoms with E-state index >= 15 is 0 Å². The molecule has 0 bridgehead atoms. The van der Waals surface area contributed by atoms with Crippen LogP contribution in [0.5, 0.6) is 11.5 Å². The molecule has 102 valence electrons. The van der Waals surface area contributed by atoms with E-state index in [4.69, 9.17) is 9.47 Å². The molecule has 19 heavy (non-hydrogen) atoms. The monoisotopic (exact) mass is 261 g/mol. The summed E-state index contributed by atoms with van der Waals surface area (Å²) in [5, 5.41) is 3.31. The fourth-order valence-electron chi connectivity index (χ4n) is 1.80. The Morgan fingerprint density at radius 2 is 2.16 bits per heavy atom. The molecule has 0 fully saturated rings. The predicted octanol–water partition coefficient (Wildman–Crippen LogP) is 2.74. The Hall–Kier alpha value is -2.17. The lowest BCUT2D eigenvalue weighted by Crippen LogP contribution is -2.02. The zero-order chi connectivity index (χ0) is 13.7. The van der Waals surface area contributed by atoms with Crippen molar-refractivity contribution in [1.29, 1.82) is 0 Å². The molecule has 0 aliphatic carbocycles. The zero-order valence-electron chi connectivity index (χ0n) is 11.5. The molecule has 5 heteroatoms. The van der Waals surface area contributed by atoms with E-state index in [9.17, 15) is 0 Å². The van der Waals surface area contributed by atoms with Gasteiger partial charge < -0.3 is 19.8 Å². The van der Waals surface area contributed by atoms with E-state index in [0.29, 0.717) is 13.2 Å². The van der Waals surface area contributed by atoms with Crippen LogP contribution < -0.4 is 14.8 Å². The normalized spacial score (nSPS) is 10.3. The summed E-state index contributed by atoms with van der Waals surface area (Å²) in [6, 6.07) is 5.80. The Kier molecular flexibility index (Phi) is 4.28. The number of aryl methyl sites for hydroxylation is 1. The smallest absolute Gasteiger partial charge is 0.162 e. The number of aromatic amines is 1. The zero-order valence-corrected chi connectivity index (χ0v) is 11.5. The van der Waals surface area contributed by atoms with Gasteiger partial charge in [0.25, 0.3) is 0 Å². The highest BCUT2D eigenvalue weighted by atomic mass is 16.5. The molecule has 0 unspecified atom stereocenters. The first-order valence-corrected chi connectivity index (χ1v) is 6.28. The summed E-state index contributed by atoms with van der Waals surface area (Å²) in [5.41, 5.74) is 3.06. The first-order valence-electron chi connectivity index (χ1n) is 6.28.